The molecule has 78 valence electrons. The van der Waals surface area contributed by atoms with Gasteiger partial charge in [0, 0.05) is 26.3 Å². The second-order valence-corrected chi connectivity index (χ2v) is 3.83. The molecular formula is C10H21NO2. The molecule has 0 heterocycles. The molecule has 3 unspecified atom stereocenters. The standard InChI is InChI=1S/C10H21NO2/c1-8(7-12-2)11-9-5-4-6-10(9)13-3/h8-11H,4-7H2,1-3H3. The number of rotatable bonds is 5. The number of hydrogen-bond acceptors (Lipinski definition) is 3. The SMILES string of the molecule is COCC(C)NC1CCCC1OC. The predicted molar refractivity (Wildman–Crippen MR) is 52.9 cm³/mol. The van der Waals surface area contributed by atoms with Crippen LogP contribution in [0.3, 0.4) is 0 Å². The smallest absolute Gasteiger partial charge is 0.0724 e. The highest BCUT2D eigenvalue weighted by Crippen LogP contribution is 2.21. The van der Waals surface area contributed by atoms with Gasteiger partial charge < -0.3 is 14.8 Å². The summed E-state index contributed by atoms with van der Waals surface area (Å²) in [6.45, 7) is 2.92. The van der Waals surface area contributed by atoms with E-state index in [9.17, 15) is 0 Å². The lowest BCUT2D eigenvalue weighted by atomic mass is 10.2. The lowest BCUT2D eigenvalue weighted by Gasteiger charge is -2.23. The van der Waals surface area contributed by atoms with E-state index in [1.54, 1.807) is 14.2 Å². The van der Waals surface area contributed by atoms with Gasteiger partial charge in [-0.15, -0.1) is 0 Å². The highest BCUT2D eigenvalue weighted by atomic mass is 16.5. The van der Waals surface area contributed by atoms with Gasteiger partial charge in [-0.3, -0.25) is 0 Å². The van der Waals surface area contributed by atoms with Crippen molar-refractivity contribution in [1.82, 2.24) is 5.32 Å². The van der Waals surface area contributed by atoms with Crippen molar-refractivity contribution < 1.29 is 9.47 Å². The largest absolute Gasteiger partial charge is 0.383 e. The first-order chi connectivity index (χ1) is 6.27. The van der Waals surface area contributed by atoms with Crippen LogP contribution in [-0.2, 0) is 9.47 Å². The van der Waals surface area contributed by atoms with Crippen molar-refractivity contribution >= 4 is 0 Å². The van der Waals surface area contributed by atoms with Crippen molar-refractivity contribution in [3.63, 3.8) is 0 Å². The third-order valence-electron chi connectivity index (χ3n) is 2.67. The molecule has 1 fully saturated rings. The van der Waals surface area contributed by atoms with Crippen molar-refractivity contribution in [2.24, 2.45) is 0 Å². The Bertz CT molecular complexity index is 141. The molecule has 1 rings (SSSR count). The van der Waals surface area contributed by atoms with E-state index in [4.69, 9.17) is 9.47 Å². The summed E-state index contributed by atoms with van der Waals surface area (Å²) in [5.41, 5.74) is 0. The number of nitrogens with one attached hydrogen (secondary N) is 1. The van der Waals surface area contributed by atoms with Gasteiger partial charge in [-0.1, -0.05) is 0 Å². The van der Waals surface area contributed by atoms with Gasteiger partial charge in [0.25, 0.3) is 0 Å². The first kappa shape index (κ1) is 11.0. The molecule has 0 aromatic carbocycles. The Hall–Kier alpha value is -0.120. The summed E-state index contributed by atoms with van der Waals surface area (Å²) in [5.74, 6) is 0. The fourth-order valence-electron chi connectivity index (χ4n) is 2.06. The summed E-state index contributed by atoms with van der Waals surface area (Å²) in [6, 6.07) is 0.945. The van der Waals surface area contributed by atoms with E-state index in [1.807, 2.05) is 0 Å². The minimum absolute atomic E-state index is 0.402. The Morgan fingerprint density at radius 2 is 2.15 bits per heavy atom. The van der Waals surface area contributed by atoms with Crippen LogP contribution in [0.25, 0.3) is 0 Å². The molecule has 0 aromatic rings. The molecule has 3 atom stereocenters. The molecule has 1 saturated carbocycles. The molecule has 13 heavy (non-hydrogen) atoms. The van der Waals surface area contributed by atoms with E-state index in [2.05, 4.69) is 12.2 Å². The number of ether oxygens (including phenoxy) is 2. The summed E-state index contributed by atoms with van der Waals surface area (Å²) in [6.07, 6.45) is 4.09. The summed E-state index contributed by atoms with van der Waals surface area (Å²) < 4.78 is 10.5. The fourth-order valence-corrected chi connectivity index (χ4v) is 2.06. The Labute approximate surface area is 80.8 Å². The van der Waals surface area contributed by atoms with Gasteiger partial charge in [0.1, 0.15) is 0 Å². The molecule has 0 radical (unpaired) electrons. The van der Waals surface area contributed by atoms with Gasteiger partial charge in [-0.25, -0.2) is 0 Å². The molecule has 1 N–H and O–H groups in total. The molecule has 0 aromatic heterocycles. The third-order valence-corrected chi connectivity index (χ3v) is 2.67. The van der Waals surface area contributed by atoms with Crippen LogP contribution in [0.1, 0.15) is 26.2 Å². The maximum atomic E-state index is 5.40. The van der Waals surface area contributed by atoms with E-state index < -0.39 is 0 Å². The second kappa shape index (κ2) is 5.58. The van der Waals surface area contributed by atoms with Crippen LogP contribution in [0.2, 0.25) is 0 Å². The predicted octanol–water partition coefficient (Wildman–Crippen LogP) is 1.18. The second-order valence-electron chi connectivity index (χ2n) is 3.83. The zero-order valence-electron chi connectivity index (χ0n) is 8.88. The Morgan fingerprint density at radius 1 is 1.38 bits per heavy atom. The Kier molecular flexibility index (Phi) is 4.70. The monoisotopic (exact) mass is 187 g/mol. The number of hydrogen-bond donors (Lipinski definition) is 1. The van der Waals surface area contributed by atoms with Crippen LogP contribution in [0.5, 0.6) is 0 Å². The van der Waals surface area contributed by atoms with Crippen LogP contribution in [0.15, 0.2) is 0 Å². The van der Waals surface area contributed by atoms with E-state index in [-0.39, 0.29) is 0 Å². The zero-order valence-corrected chi connectivity index (χ0v) is 8.88. The van der Waals surface area contributed by atoms with Crippen LogP contribution >= 0.6 is 0 Å². The number of methoxy groups -OCH3 is 2. The van der Waals surface area contributed by atoms with Gasteiger partial charge >= 0.3 is 0 Å². The lowest BCUT2D eigenvalue weighted by molar-refractivity contribution is 0.0750. The Morgan fingerprint density at radius 3 is 2.77 bits per heavy atom. The van der Waals surface area contributed by atoms with Crippen molar-refractivity contribution in [2.45, 2.75) is 44.4 Å². The van der Waals surface area contributed by atoms with Gasteiger partial charge in [0.15, 0.2) is 0 Å². The van der Waals surface area contributed by atoms with Crippen LogP contribution < -0.4 is 5.32 Å². The van der Waals surface area contributed by atoms with Gasteiger partial charge in [0.2, 0.25) is 0 Å². The van der Waals surface area contributed by atoms with Crippen LogP contribution in [-0.4, -0.2) is 39.0 Å². The van der Waals surface area contributed by atoms with E-state index in [1.165, 1.54) is 19.3 Å². The molecule has 0 amide bonds. The van der Waals surface area contributed by atoms with Crippen LogP contribution in [0, 0.1) is 0 Å². The average molecular weight is 187 g/mol. The molecule has 0 aliphatic heterocycles. The third kappa shape index (κ3) is 3.25. The highest BCUT2D eigenvalue weighted by Gasteiger charge is 2.27. The quantitative estimate of drug-likeness (QED) is 0.701. The first-order valence-corrected chi connectivity index (χ1v) is 5.05. The molecule has 0 bridgehead atoms. The summed E-state index contributed by atoms with van der Waals surface area (Å²) in [4.78, 5) is 0. The maximum Gasteiger partial charge on any atom is 0.0724 e. The van der Waals surface area contributed by atoms with E-state index in [0.29, 0.717) is 18.2 Å². The summed E-state index contributed by atoms with van der Waals surface area (Å²) >= 11 is 0. The minimum atomic E-state index is 0.402. The maximum absolute atomic E-state index is 5.40. The Balaban J connectivity index is 2.26. The van der Waals surface area contributed by atoms with Gasteiger partial charge in [0.05, 0.1) is 12.7 Å². The molecule has 3 nitrogen and oxygen atoms in total. The normalized spacial score (nSPS) is 30.7. The fraction of sp³-hybridized carbons (Fsp3) is 1.00. The lowest BCUT2D eigenvalue weighted by Crippen LogP contribution is -2.43. The minimum Gasteiger partial charge on any atom is -0.383 e. The first-order valence-electron chi connectivity index (χ1n) is 5.05. The molecule has 3 heteroatoms. The summed E-state index contributed by atoms with van der Waals surface area (Å²) in [5, 5.41) is 3.53. The van der Waals surface area contributed by atoms with E-state index >= 15 is 0 Å². The van der Waals surface area contributed by atoms with Crippen LogP contribution in [0.4, 0.5) is 0 Å². The van der Waals surface area contributed by atoms with Gasteiger partial charge in [-0.05, 0) is 26.2 Å². The molecular weight excluding hydrogens is 166 g/mol. The highest BCUT2D eigenvalue weighted by molar-refractivity contribution is 4.85. The topological polar surface area (TPSA) is 30.5 Å². The van der Waals surface area contributed by atoms with Crippen molar-refractivity contribution in [1.29, 1.82) is 0 Å². The molecule has 0 spiro atoms. The van der Waals surface area contributed by atoms with Crippen molar-refractivity contribution in [3.05, 3.63) is 0 Å². The molecule has 0 saturated heterocycles. The average Bonchev–Trinajstić information content (AvgIpc) is 2.52. The van der Waals surface area contributed by atoms with Gasteiger partial charge in [-0.2, -0.15) is 0 Å². The van der Waals surface area contributed by atoms with E-state index in [0.717, 1.165) is 6.61 Å². The summed E-state index contributed by atoms with van der Waals surface area (Å²) in [7, 11) is 3.53. The zero-order chi connectivity index (χ0) is 9.68. The molecule has 1 aliphatic carbocycles. The van der Waals surface area contributed by atoms with Crippen molar-refractivity contribution in [3.8, 4) is 0 Å². The van der Waals surface area contributed by atoms with Crippen molar-refractivity contribution in [2.75, 3.05) is 20.8 Å². The molecule has 1 aliphatic rings.